The lowest BCUT2D eigenvalue weighted by atomic mass is 10.1. The van der Waals surface area contributed by atoms with Crippen LogP contribution in [0.1, 0.15) is 16.7 Å². The van der Waals surface area contributed by atoms with Crippen molar-refractivity contribution in [3.8, 4) is 11.5 Å². The quantitative estimate of drug-likeness (QED) is 0.656. The van der Waals surface area contributed by atoms with E-state index in [1.807, 2.05) is 32.0 Å². The molecule has 0 aliphatic rings. The Morgan fingerprint density at radius 2 is 1.89 bits per heavy atom. The average molecular weight is 275 g/mol. The van der Waals surface area contributed by atoms with Gasteiger partial charge in [-0.05, 0) is 49.2 Å². The van der Waals surface area contributed by atoms with Gasteiger partial charge in [0, 0.05) is 5.02 Å². The third-order valence-corrected chi connectivity index (χ3v) is 3.24. The van der Waals surface area contributed by atoms with E-state index in [1.54, 1.807) is 18.2 Å². The standard InChI is InChI=1S/C15H15ClN2O/c1-9-4-3-5-13(10(9)2)19-14-7-6-11(16)8-12(14)15(17)18/h3-8H,1-2H3,(H3,17,18). The van der Waals surface area contributed by atoms with Gasteiger partial charge < -0.3 is 10.5 Å². The molecule has 0 atom stereocenters. The minimum absolute atomic E-state index is 0.0668. The summed E-state index contributed by atoms with van der Waals surface area (Å²) in [5.74, 6) is 1.22. The molecule has 3 N–H and O–H groups in total. The smallest absolute Gasteiger partial charge is 0.138 e. The molecule has 0 amide bonds. The Balaban J connectivity index is 2.44. The second kappa shape index (κ2) is 5.33. The normalized spacial score (nSPS) is 10.3. The van der Waals surface area contributed by atoms with Crippen molar-refractivity contribution in [1.29, 1.82) is 5.41 Å². The molecular weight excluding hydrogens is 260 g/mol. The summed E-state index contributed by atoms with van der Waals surface area (Å²) in [6.45, 7) is 4.02. The number of aryl methyl sites for hydroxylation is 1. The van der Waals surface area contributed by atoms with E-state index in [1.165, 1.54) is 0 Å². The van der Waals surface area contributed by atoms with Crippen LogP contribution in [0.15, 0.2) is 36.4 Å². The Kier molecular flexibility index (Phi) is 3.76. The molecule has 0 saturated heterocycles. The monoisotopic (exact) mass is 274 g/mol. The summed E-state index contributed by atoms with van der Waals surface area (Å²) >= 11 is 5.91. The number of nitrogen functional groups attached to an aromatic ring is 1. The zero-order valence-corrected chi connectivity index (χ0v) is 11.6. The van der Waals surface area contributed by atoms with Gasteiger partial charge in [0.2, 0.25) is 0 Å². The summed E-state index contributed by atoms with van der Waals surface area (Å²) in [6.07, 6.45) is 0. The molecule has 0 spiro atoms. The van der Waals surface area contributed by atoms with E-state index in [0.717, 1.165) is 16.9 Å². The Morgan fingerprint density at radius 1 is 1.16 bits per heavy atom. The van der Waals surface area contributed by atoms with Gasteiger partial charge in [0.15, 0.2) is 0 Å². The molecular formula is C15H15ClN2O. The number of nitrogens with one attached hydrogen (secondary N) is 1. The van der Waals surface area contributed by atoms with Crippen molar-refractivity contribution in [3.05, 3.63) is 58.1 Å². The van der Waals surface area contributed by atoms with Crippen LogP contribution < -0.4 is 10.5 Å². The van der Waals surface area contributed by atoms with E-state index in [2.05, 4.69) is 0 Å². The van der Waals surface area contributed by atoms with Crippen LogP contribution in [0.5, 0.6) is 11.5 Å². The van der Waals surface area contributed by atoms with Gasteiger partial charge in [-0.25, -0.2) is 0 Å². The first kappa shape index (κ1) is 13.4. The summed E-state index contributed by atoms with van der Waals surface area (Å²) in [4.78, 5) is 0. The van der Waals surface area contributed by atoms with Crippen molar-refractivity contribution < 1.29 is 4.74 Å². The molecule has 0 heterocycles. The fourth-order valence-electron chi connectivity index (χ4n) is 1.75. The first-order valence-corrected chi connectivity index (χ1v) is 6.25. The lowest BCUT2D eigenvalue weighted by molar-refractivity contribution is 0.477. The van der Waals surface area contributed by atoms with E-state index in [0.29, 0.717) is 16.3 Å². The minimum Gasteiger partial charge on any atom is -0.456 e. The number of rotatable bonds is 3. The van der Waals surface area contributed by atoms with Crippen molar-refractivity contribution in [2.75, 3.05) is 0 Å². The van der Waals surface area contributed by atoms with Gasteiger partial charge in [0.05, 0.1) is 5.56 Å². The lowest BCUT2D eigenvalue weighted by Gasteiger charge is -2.13. The van der Waals surface area contributed by atoms with E-state index in [4.69, 9.17) is 27.5 Å². The molecule has 0 fully saturated rings. The Hall–Kier alpha value is -2.00. The molecule has 0 unspecified atom stereocenters. The molecule has 19 heavy (non-hydrogen) atoms. The summed E-state index contributed by atoms with van der Waals surface area (Å²) in [5.41, 5.74) is 8.25. The highest BCUT2D eigenvalue weighted by Crippen LogP contribution is 2.30. The zero-order valence-electron chi connectivity index (χ0n) is 10.8. The third kappa shape index (κ3) is 2.88. The fourth-order valence-corrected chi connectivity index (χ4v) is 1.93. The van der Waals surface area contributed by atoms with Crippen LogP contribution in [0.3, 0.4) is 0 Å². The van der Waals surface area contributed by atoms with Crippen LogP contribution in [0.4, 0.5) is 0 Å². The molecule has 0 radical (unpaired) electrons. The van der Waals surface area contributed by atoms with Crippen LogP contribution in [0, 0.1) is 19.3 Å². The van der Waals surface area contributed by atoms with Gasteiger partial charge in [-0.2, -0.15) is 0 Å². The molecule has 0 bridgehead atoms. The van der Waals surface area contributed by atoms with E-state index < -0.39 is 0 Å². The van der Waals surface area contributed by atoms with Crippen molar-refractivity contribution in [2.24, 2.45) is 5.73 Å². The molecule has 0 aliphatic carbocycles. The highest BCUT2D eigenvalue weighted by Gasteiger charge is 2.10. The van der Waals surface area contributed by atoms with Crippen LogP contribution in [0.25, 0.3) is 0 Å². The van der Waals surface area contributed by atoms with Crippen LogP contribution in [-0.4, -0.2) is 5.84 Å². The summed E-state index contributed by atoms with van der Waals surface area (Å²) in [7, 11) is 0. The molecule has 0 saturated carbocycles. The van der Waals surface area contributed by atoms with Gasteiger partial charge in [0.1, 0.15) is 17.3 Å². The molecule has 2 aromatic carbocycles. The molecule has 4 heteroatoms. The maximum Gasteiger partial charge on any atom is 0.138 e. The van der Waals surface area contributed by atoms with Gasteiger partial charge in [-0.1, -0.05) is 23.7 Å². The van der Waals surface area contributed by atoms with Crippen LogP contribution in [-0.2, 0) is 0 Å². The molecule has 0 aromatic heterocycles. The number of nitrogens with two attached hydrogens (primary N) is 1. The molecule has 2 aromatic rings. The highest BCUT2D eigenvalue weighted by molar-refractivity contribution is 6.31. The number of halogens is 1. The Bertz CT molecular complexity index is 638. The van der Waals surface area contributed by atoms with Gasteiger partial charge in [0.25, 0.3) is 0 Å². The minimum atomic E-state index is -0.0668. The number of benzene rings is 2. The van der Waals surface area contributed by atoms with Crippen molar-refractivity contribution in [2.45, 2.75) is 13.8 Å². The molecule has 98 valence electrons. The molecule has 0 aliphatic heterocycles. The Labute approximate surface area is 117 Å². The lowest BCUT2D eigenvalue weighted by Crippen LogP contribution is -2.12. The highest BCUT2D eigenvalue weighted by atomic mass is 35.5. The maximum absolute atomic E-state index is 7.57. The van der Waals surface area contributed by atoms with E-state index in [-0.39, 0.29) is 5.84 Å². The zero-order chi connectivity index (χ0) is 14.0. The first-order valence-electron chi connectivity index (χ1n) is 5.87. The number of ether oxygens (including phenoxy) is 1. The van der Waals surface area contributed by atoms with E-state index in [9.17, 15) is 0 Å². The number of hydrogen-bond acceptors (Lipinski definition) is 2. The van der Waals surface area contributed by atoms with Crippen molar-refractivity contribution >= 4 is 17.4 Å². The summed E-state index contributed by atoms with van der Waals surface area (Å²) in [6, 6.07) is 10.9. The predicted molar refractivity (Wildman–Crippen MR) is 78.5 cm³/mol. The Morgan fingerprint density at radius 3 is 2.58 bits per heavy atom. The second-order valence-electron chi connectivity index (χ2n) is 4.35. The number of amidine groups is 1. The summed E-state index contributed by atoms with van der Waals surface area (Å²) < 4.78 is 5.86. The first-order chi connectivity index (χ1) is 8.99. The van der Waals surface area contributed by atoms with Crippen LogP contribution >= 0.6 is 11.6 Å². The second-order valence-corrected chi connectivity index (χ2v) is 4.79. The van der Waals surface area contributed by atoms with Gasteiger partial charge in [-0.15, -0.1) is 0 Å². The van der Waals surface area contributed by atoms with Crippen molar-refractivity contribution in [3.63, 3.8) is 0 Å². The van der Waals surface area contributed by atoms with E-state index >= 15 is 0 Å². The van der Waals surface area contributed by atoms with Gasteiger partial charge >= 0.3 is 0 Å². The maximum atomic E-state index is 7.57. The van der Waals surface area contributed by atoms with Crippen LogP contribution in [0.2, 0.25) is 5.02 Å². The predicted octanol–water partition coefficient (Wildman–Crippen LogP) is 4.03. The SMILES string of the molecule is Cc1cccc(Oc2ccc(Cl)cc2C(=N)N)c1C. The number of hydrogen-bond donors (Lipinski definition) is 2. The topological polar surface area (TPSA) is 59.1 Å². The molecule has 3 nitrogen and oxygen atoms in total. The largest absolute Gasteiger partial charge is 0.456 e. The van der Waals surface area contributed by atoms with Crippen molar-refractivity contribution in [1.82, 2.24) is 0 Å². The van der Waals surface area contributed by atoms with Gasteiger partial charge in [-0.3, -0.25) is 5.41 Å². The fraction of sp³-hybridized carbons (Fsp3) is 0.133. The molecule has 2 rings (SSSR count). The average Bonchev–Trinajstić information content (AvgIpc) is 2.36. The summed E-state index contributed by atoms with van der Waals surface area (Å²) in [5, 5.41) is 8.10. The third-order valence-electron chi connectivity index (χ3n) is 3.01.